The third-order valence-electron chi connectivity index (χ3n) is 10.6. The molecular weight excluding hydrogens is 617 g/mol. The van der Waals surface area contributed by atoms with Gasteiger partial charge in [0.1, 0.15) is 0 Å². The lowest BCUT2D eigenvalue weighted by molar-refractivity contribution is 0.690. The van der Waals surface area contributed by atoms with Crippen LogP contribution in [-0.4, -0.2) is 9.13 Å². The fraction of sp³-hybridized carbons (Fsp3) is 0.0612. The van der Waals surface area contributed by atoms with Gasteiger partial charge in [-0.25, -0.2) is 0 Å². The molecule has 0 bridgehead atoms. The number of fused-ring (bicyclic) bond motifs is 6. The van der Waals surface area contributed by atoms with Crippen molar-refractivity contribution in [3.8, 4) is 44.8 Å². The van der Waals surface area contributed by atoms with Gasteiger partial charge in [-0.1, -0.05) is 140 Å². The van der Waals surface area contributed by atoms with Gasteiger partial charge in [0, 0.05) is 38.8 Å². The molecule has 0 saturated heterocycles. The first kappa shape index (κ1) is 29.5. The number of nitrogens with zero attached hydrogens (tertiary/aromatic N) is 2. The van der Waals surface area contributed by atoms with Crippen LogP contribution in [0.3, 0.4) is 0 Å². The number of rotatable bonds is 5. The molecule has 2 nitrogen and oxygen atoms in total. The topological polar surface area (TPSA) is 9.86 Å². The van der Waals surface area contributed by atoms with E-state index in [0.29, 0.717) is 5.92 Å². The summed E-state index contributed by atoms with van der Waals surface area (Å²) in [7, 11) is 0. The zero-order valence-electron chi connectivity index (χ0n) is 28.5. The minimum atomic E-state index is 0.477. The highest BCUT2D eigenvalue weighted by Crippen LogP contribution is 2.42. The molecular formula is C49H36N2. The van der Waals surface area contributed by atoms with Crippen molar-refractivity contribution in [1.29, 1.82) is 0 Å². The Morgan fingerprint density at radius 1 is 0.412 bits per heavy atom. The van der Waals surface area contributed by atoms with Gasteiger partial charge in [-0.05, 0) is 94.3 Å². The van der Waals surface area contributed by atoms with Gasteiger partial charge in [0.15, 0.2) is 0 Å². The molecule has 2 aromatic heterocycles. The number of para-hydroxylation sites is 1. The molecule has 2 heteroatoms. The van der Waals surface area contributed by atoms with Gasteiger partial charge >= 0.3 is 0 Å². The van der Waals surface area contributed by atoms with Crippen molar-refractivity contribution in [3.05, 3.63) is 187 Å². The lowest BCUT2D eigenvalue weighted by atomic mass is 9.94. The van der Waals surface area contributed by atoms with Crippen molar-refractivity contribution < 1.29 is 0 Å². The standard InChI is InChI=1S/C49H36N2/c1-33-21-26-43-45-32-49-44(31-48(45)50(47(43)27-33)40-24-22-37(23-25-40)34-13-5-2-6-14-34)42-19-11-12-20-46(42)51(49)41-29-38(35-15-7-3-8-16-35)28-39(30-41)36-17-9-4-10-18-36/h2-26,28-33H,27H2,1H3. The van der Waals surface area contributed by atoms with Crippen molar-refractivity contribution in [3.63, 3.8) is 0 Å². The van der Waals surface area contributed by atoms with Crippen molar-refractivity contribution in [2.24, 2.45) is 5.92 Å². The summed E-state index contributed by atoms with van der Waals surface area (Å²) >= 11 is 0. The van der Waals surface area contributed by atoms with Crippen LogP contribution in [0.15, 0.2) is 176 Å². The Balaban J connectivity index is 1.24. The molecule has 0 aliphatic heterocycles. The van der Waals surface area contributed by atoms with E-state index < -0.39 is 0 Å². The number of hydrogen-bond acceptors (Lipinski definition) is 0. The zero-order chi connectivity index (χ0) is 33.9. The maximum absolute atomic E-state index is 2.52. The highest BCUT2D eigenvalue weighted by Gasteiger charge is 2.24. The van der Waals surface area contributed by atoms with Crippen molar-refractivity contribution >= 4 is 38.8 Å². The summed E-state index contributed by atoms with van der Waals surface area (Å²) in [6, 6.07) is 62.1. The summed E-state index contributed by atoms with van der Waals surface area (Å²) in [5, 5.41) is 3.81. The van der Waals surface area contributed by atoms with Gasteiger partial charge in [-0.2, -0.15) is 0 Å². The third kappa shape index (κ3) is 4.94. The van der Waals surface area contributed by atoms with E-state index in [1.165, 1.54) is 83.0 Å². The average Bonchev–Trinajstić information content (AvgIpc) is 3.69. The van der Waals surface area contributed by atoms with Crippen LogP contribution in [-0.2, 0) is 6.42 Å². The molecule has 0 N–H and O–H groups in total. The molecule has 0 spiro atoms. The first-order chi connectivity index (χ1) is 25.2. The van der Waals surface area contributed by atoms with Crippen LogP contribution in [0, 0.1) is 5.92 Å². The molecule has 2 heterocycles. The monoisotopic (exact) mass is 652 g/mol. The smallest absolute Gasteiger partial charge is 0.0548 e. The normalized spacial score (nSPS) is 14.0. The molecule has 242 valence electrons. The second kappa shape index (κ2) is 11.9. The number of aromatic nitrogens is 2. The lowest BCUT2D eigenvalue weighted by Gasteiger charge is -2.17. The van der Waals surface area contributed by atoms with Crippen molar-refractivity contribution in [2.45, 2.75) is 13.3 Å². The Morgan fingerprint density at radius 2 is 0.941 bits per heavy atom. The molecule has 51 heavy (non-hydrogen) atoms. The quantitative estimate of drug-likeness (QED) is 0.175. The summed E-state index contributed by atoms with van der Waals surface area (Å²) in [5.74, 6) is 0.477. The highest BCUT2D eigenvalue weighted by molar-refractivity contribution is 6.15. The Hall–Kier alpha value is -6.38. The molecule has 0 saturated carbocycles. The Labute approximate surface area is 298 Å². The second-order valence-electron chi connectivity index (χ2n) is 13.9. The average molecular weight is 653 g/mol. The Morgan fingerprint density at radius 3 is 1.59 bits per heavy atom. The minimum Gasteiger partial charge on any atom is -0.313 e. The van der Waals surface area contributed by atoms with Gasteiger partial charge in [0.05, 0.1) is 16.6 Å². The number of benzene rings is 7. The largest absolute Gasteiger partial charge is 0.313 e. The van der Waals surface area contributed by atoms with Crippen LogP contribution in [0.4, 0.5) is 0 Å². The summed E-state index contributed by atoms with van der Waals surface area (Å²) in [4.78, 5) is 0. The molecule has 1 atom stereocenters. The van der Waals surface area contributed by atoms with E-state index in [2.05, 4.69) is 198 Å². The lowest BCUT2D eigenvalue weighted by Crippen LogP contribution is -2.08. The number of hydrogen-bond donors (Lipinski definition) is 0. The molecule has 7 aromatic carbocycles. The molecule has 0 amide bonds. The molecule has 0 fully saturated rings. The van der Waals surface area contributed by atoms with E-state index in [-0.39, 0.29) is 0 Å². The van der Waals surface area contributed by atoms with Crippen LogP contribution < -0.4 is 0 Å². The van der Waals surface area contributed by atoms with Crippen LogP contribution >= 0.6 is 0 Å². The van der Waals surface area contributed by atoms with Crippen molar-refractivity contribution in [1.82, 2.24) is 9.13 Å². The predicted molar refractivity (Wildman–Crippen MR) is 216 cm³/mol. The summed E-state index contributed by atoms with van der Waals surface area (Å²) < 4.78 is 5.01. The fourth-order valence-corrected chi connectivity index (χ4v) is 8.19. The number of allylic oxidation sites excluding steroid dienone is 1. The molecule has 0 radical (unpaired) electrons. The summed E-state index contributed by atoms with van der Waals surface area (Å²) in [5.41, 5.74) is 16.1. The van der Waals surface area contributed by atoms with Gasteiger partial charge < -0.3 is 9.13 Å². The molecule has 9 aromatic rings. The molecule has 1 aliphatic rings. The summed E-state index contributed by atoms with van der Waals surface area (Å²) in [6.07, 6.45) is 5.74. The Bertz CT molecular complexity index is 2690. The van der Waals surface area contributed by atoms with E-state index >= 15 is 0 Å². The predicted octanol–water partition coefficient (Wildman–Crippen LogP) is 12.9. The van der Waals surface area contributed by atoms with Gasteiger partial charge in [0.25, 0.3) is 0 Å². The van der Waals surface area contributed by atoms with E-state index in [1.807, 2.05) is 0 Å². The first-order valence-electron chi connectivity index (χ1n) is 17.9. The summed E-state index contributed by atoms with van der Waals surface area (Å²) in [6.45, 7) is 2.32. The maximum Gasteiger partial charge on any atom is 0.0548 e. The second-order valence-corrected chi connectivity index (χ2v) is 13.9. The van der Waals surface area contributed by atoms with E-state index in [1.54, 1.807) is 0 Å². The van der Waals surface area contributed by atoms with Crippen LogP contribution in [0.25, 0.3) is 83.5 Å². The SMILES string of the molecule is CC1C=Cc2c(n(-c3ccc(-c4ccccc4)cc3)c3cc4c5ccccc5n(-c5cc(-c6ccccc6)cc(-c6ccccc6)c5)c4cc23)C1. The van der Waals surface area contributed by atoms with Gasteiger partial charge in [0.2, 0.25) is 0 Å². The zero-order valence-corrected chi connectivity index (χ0v) is 28.5. The van der Waals surface area contributed by atoms with Crippen LogP contribution in [0.2, 0.25) is 0 Å². The van der Waals surface area contributed by atoms with E-state index in [4.69, 9.17) is 0 Å². The van der Waals surface area contributed by atoms with Gasteiger partial charge in [-0.15, -0.1) is 0 Å². The minimum absolute atomic E-state index is 0.477. The van der Waals surface area contributed by atoms with Crippen LogP contribution in [0.5, 0.6) is 0 Å². The maximum atomic E-state index is 2.52. The third-order valence-corrected chi connectivity index (χ3v) is 10.6. The Kier molecular flexibility index (Phi) is 6.89. The van der Waals surface area contributed by atoms with Gasteiger partial charge in [-0.3, -0.25) is 0 Å². The first-order valence-corrected chi connectivity index (χ1v) is 17.9. The molecule has 1 unspecified atom stereocenters. The molecule has 10 rings (SSSR count). The highest BCUT2D eigenvalue weighted by atomic mass is 15.0. The van der Waals surface area contributed by atoms with E-state index in [0.717, 1.165) is 12.1 Å². The van der Waals surface area contributed by atoms with Crippen molar-refractivity contribution in [2.75, 3.05) is 0 Å². The van der Waals surface area contributed by atoms with E-state index in [9.17, 15) is 0 Å². The fourth-order valence-electron chi connectivity index (χ4n) is 8.19. The molecule has 1 aliphatic carbocycles. The van der Waals surface area contributed by atoms with Crippen LogP contribution in [0.1, 0.15) is 18.2 Å².